The van der Waals surface area contributed by atoms with Gasteiger partial charge in [0.15, 0.2) is 0 Å². The molecule has 0 aliphatic carbocycles. The topological polar surface area (TPSA) is 23.5 Å². The van der Waals surface area contributed by atoms with Crippen LogP contribution in [0.2, 0.25) is 0 Å². The van der Waals surface area contributed by atoms with Crippen molar-refractivity contribution in [2.75, 3.05) is 18.6 Å². The van der Waals surface area contributed by atoms with Gasteiger partial charge in [0, 0.05) is 18.0 Å². The van der Waals surface area contributed by atoms with E-state index in [1.54, 1.807) is 23.9 Å². The van der Waals surface area contributed by atoms with E-state index in [1.807, 2.05) is 18.9 Å². The highest BCUT2D eigenvalue weighted by atomic mass is 32.2. The Kier molecular flexibility index (Phi) is 2.89. The maximum atomic E-state index is 13.1. The Morgan fingerprint density at radius 3 is 2.93 bits per heavy atom. The largest absolute Gasteiger partial charge is 0.395 e. The molecule has 15 heavy (non-hydrogen) atoms. The number of aliphatic hydroxyl groups excluding tert-OH is 1. The number of nitrogens with zero attached hydrogens (tertiary/aromatic N) is 1. The molecule has 0 radical (unpaired) electrons. The molecule has 2 unspecified atom stereocenters. The van der Waals surface area contributed by atoms with Crippen molar-refractivity contribution in [2.45, 2.75) is 23.1 Å². The monoisotopic (exact) mass is 227 g/mol. The van der Waals surface area contributed by atoms with Gasteiger partial charge >= 0.3 is 0 Å². The van der Waals surface area contributed by atoms with Gasteiger partial charge in [0.1, 0.15) is 5.82 Å². The van der Waals surface area contributed by atoms with E-state index < -0.39 is 0 Å². The summed E-state index contributed by atoms with van der Waals surface area (Å²) in [5.74, 6) is -0.212. The highest BCUT2D eigenvalue weighted by Gasteiger charge is 2.29. The third kappa shape index (κ3) is 1.84. The van der Waals surface area contributed by atoms with Crippen LogP contribution in [0.3, 0.4) is 0 Å². The van der Waals surface area contributed by atoms with Gasteiger partial charge in [0.25, 0.3) is 0 Å². The van der Waals surface area contributed by atoms with Crippen molar-refractivity contribution < 1.29 is 9.50 Å². The van der Waals surface area contributed by atoms with Crippen molar-refractivity contribution in [1.82, 2.24) is 0 Å². The third-order valence-electron chi connectivity index (χ3n) is 2.91. The summed E-state index contributed by atoms with van der Waals surface area (Å²) >= 11 is 1.62. The van der Waals surface area contributed by atoms with E-state index in [0.29, 0.717) is 0 Å². The second kappa shape index (κ2) is 4.02. The van der Waals surface area contributed by atoms with Gasteiger partial charge in [-0.2, -0.15) is 0 Å². The molecule has 1 aliphatic rings. The number of fused-ring (bicyclic) bond motifs is 1. The van der Waals surface area contributed by atoms with Crippen molar-refractivity contribution in [1.29, 1.82) is 0 Å². The molecule has 4 heteroatoms. The number of hydrogen-bond donors (Lipinski definition) is 1. The molecule has 1 heterocycles. The lowest BCUT2D eigenvalue weighted by atomic mass is 10.1. The molecule has 0 spiro atoms. The first kappa shape index (κ1) is 10.8. The van der Waals surface area contributed by atoms with E-state index in [9.17, 15) is 9.50 Å². The molecule has 0 aromatic heterocycles. The molecule has 0 saturated carbocycles. The predicted molar refractivity (Wildman–Crippen MR) is 61.0 cm³/mol. The smallest absolute Gasteiger partial charge is 0.125 e. The summed E-state index contributed by atoms with van der Waals surface area (Å²) in [5, 5.41) is 9.40. The molecule has 1 N–H and O–H groups in total. The SMILES string of the molecule is CC1C(CO)Sc2ccc(F)cc2N1C. The predicted octanol–water partition coefficient (Wildman–Crippen LogP) is 2.12. The van der Waals surface area contributed by atoms with E-state index in [2.05, 4.69) is 0 Å². The quantitative estimate of drug-likeness (QED) is 0.795. The Morgan fingerprint density at radius 1 is 1.53 bits per heavy atom. The first-order chi connectivity index (χ1) is 7.13. The van der Waals surface area contributed by atoms with Crippen molar-refractivity contribution in [3.63, 3.8) is 0 Å². The Bertz CT molecular complexity index is 372. The lowest BCUT2D eigenvalue weighted by molar-refractivity contribution is 0.282. The minimum Gasteiger partial charge on any atom is -0.395 e. The van der Waals surface area contributed by atoms with Crippen LogP contribution < -0.4 is 4.90 Å². The van der Waals surface area contributed by atoms with Crippen LogP contribution in [0.5, 0.6) is 0 Å². The maximum Gasteiger partial charge on any atom is 0.125 e. The third-order valence-corrected chi connectivity index (χ3v) is 4.35. The van der Waals surface area contributed by atoms with Crippen molar-refractivity contribution in [3.05, 3.63) is 24.0 Å². The zero-order valence-corrected chi connectivity index (χ0v) is 9.59. The highest BCUT2D eigenvalue weighted by molar-refractivity contribution is 8.00. The van der Waals surface area contributed by atoms with Crippen LogP contribution >= 0.6 is 11.8 Å². The summed E-state index contributed by atoms with van der Waals surface area (Å²) in [6, 6.07) is 5.01. The molecule has 0 bridgehead atoms. The van der Waals surface area contributed by atoms with Gasteiger partial charge in [-0.3, -0.25) is 0 Å². The normalized spacial score (nSPS) is 25.2. The van der Waals surface area contributed by atoms with Gasteiger partial charge < -0.3 is 10.0 Å². The lowest BCUT2D eigenvalue weighted by Crippen LogP contribution is -2.42. The Hall–Kier alpha value is -0.740. The van der Waals surface area contributed by atoms with E-state index in [0.717, 1.165) is 10.6 Å². The molecule has 1 aliphatic heterocycles. The molecule has 1 aromatic carbocycles. The number of hydrogen-bond acceptors (Lipinski definition) is 3. The molecule has 0 amide bonds. The minimum absolute atomic E-state index is 0.146. The summed E-state index contributed by atoms with van der Waals surface area (Å²) in [6.45, 7) is 2.19. The van der Waals surface area contributed by atoms with Crippen LogP contribution in [0.25, 0.3) is 0 Å². The number of anilines is 1. The van der Waals surface area contributed by atoms with Gasteiger partial charge in [0.2, 0.25) is 0 Å². The molecule has 2 atom stereocenters. The fraction of sp³-hybridized carbons (Fsp3) is 0.455. The van der Waals surface area contributed by atoms with Crippen LogP contribution in [0.4, 0.5) is 10.1 Å². The van der Waals surface area contributed by atoms with Gasteiger partial charge in [-0.05, 0) is 25.1 Å². The van der Waals surface area contributed by atoms with Gasteiger partial charge in [0.05, 0.1) is 17.5 Å². The van der Waals surface area contributed by atoms with Gasteiger partial charge in [-0.25, -0.2) is 4.39 Å². The van der Waals surface area contributed by atoms with Crippen molar-refractivity contribution in [3.8, 4) is 0 Å². The first-order valence-corrected chi connectivity index (χ1v) is 5.81. The summed E-state index contributed by atoms with van der Waals surface area (Å²) in [6.07, 6.45) is 0. The summed E-state index contributed by atoms with van der Waals surface area (Å²) in [5.41, 5.74) is 0.914. The van der Waals surface area contributed by atoms with E-state index in [1.165, 1.54) is 6.07 Å². The van der Waals surface area contributed by atoms with Gasteiger partial charge in [-0.1, -0.05) is 0 Å². The maximum absolute atomic E-state index is 13.1. The standard InChI is InChI=1S/C11H14FNOS/c1-7-11(6-14)15-10-4-3-8(12)5-9(10)13(7)2/h3-5,7,11,14H,6H2,1-2H3. The minimum atomic E-state index is -0.212. The van der Waals surface area contributed by atoms with Crippen LogP contribution in [0.1, 0.15) is 6.92 Å². The zero-order chi connectivity index (χ0) is 11.0. The molecule has 1 aromatic rings. The number of benzene rings is 1. The molecule has 2 rings (SSSR count). The first-order valence-electron chi connectivity index (χ1n) is 4.93. The van der Waals surface area contributed by atoms with E-state index in [-0.39, 0.29) is 23.7 Å². The lowest BCUT2D eigenvalue weighted by Gasteiger charge is -2.38. The Labute approximate surface area is 93.1 Å². The number of thioether (sulfide) groups is 1. The van der Waals surface area contributed by atoms with Crippen LogP contribution in [-0.4, -0.2) is 30.1 Å². The fourth-order valence-corrected chi connectivity index (χ4v) is 3.04. The molecular weight excluding hydrogens is 213 g/mol. The van der Waals surface area contributed by atoms with Crippen LogP contribution in [-0.2, 0) is 0 Å². The van der Waals surface area contributed by atoms with Crippen LogP contribution in [0, 0.1) is 5.82 Å². The molecule has 0 fully saturated rings. The zero-order valence-electron chi connectivity index (χ0n) is 8.77. The second-order valence-electron chi connectivity index (χ2n) is 3.80. The number of aliphatic hydroxyl groups is 1. The fourth-order valence-electron chi connectivity index (χ4n) is 1.79. The second-order valence-corrected chi connectivity index (χ2v) is 5.08. The van der Waals surface area contributed by atoms with Gasteiger partial charge in [-0.15, -0.1) is 11.8 Å². The summed E-state index contributed by atoms with van der Waals surface area (Å²) < 4.78 is 13.1. The van der Waals surface area contributed by atoms with Crippen molar-refractivity contribution >= 4 is 17.4 Å². The summed E-state index contributed by atoms with van der Waals surface area (Å²) in [7, 11) is 1.94. The van der Waals surface area contributed by atoms with Crippen LogP contribution in [0.15, 0.2) is 23.1 Å². The van der Waals surface area contributed by atoms with E-state index in [4.69, 9.17) is 0 Å². The number of halogens is 1. The number of rotatable bonds is 1. The molecule has 82 valence electrons. The Balaban J connectivity index is 2.40. The average molecular weight is 227 g/mol. The average Bonchev–Trinajstić information content (AvgIpc) is 2.24. The Morgan fingerprint density at radius 2 is 2.27 bits per heavy atom. The summed E-state index contributed by atoms with van der Waals surface area (Å²) in [4.78, 5) is 3.06. The van der Waals surface area contributed by atoms with Crippen molar-refractivity contribution in [2.24, 2.45) is 0 Å². The highest BCUT2D eigenvalue weighted by Crippen LogP contribution is 2.40. The molecule has 0 saturated heterocycles. The molecular formula is C11H14FNOS. The van der Waals surface area contributed by atoms with E-state index >= 15 is 0 Å². The molecule has 2 nitrogen and oxygen atoms in total.